The molecule has 4 aromatic rings. The molecule has 0 spiro atoms. The predicted octanol–water partition coefficient (Wildman–Crippen LogP) is -3.23. The zero-order valence-corrected chi connectivity index (χ0v) is 44.8. The van der Waals surface area contributed by atoms with Crippen LogP contribution >= 0.6 is 0 Å². The number of fused-ring (bicyclic) bond motifs is 2. The summed E-state index contributed by atoms with van der Waals surface area (Å²) in [7, 11) is 0. The minimum Gasteiger partial charge on any atom is -0.481 e. The molecule has 10 unspecified atom stereocenters. The van der Waals surface area contributed by atoms with Crippen LogP contribution in [0.3, 0.4) is 0 Å². The van der Waals surface area contributed by atoms with E-state index >= 15 is 0 Å². The van der Waals surface area contributed by atoms with Crippen molar-refractivity contribution in [3.8, 4) is 0 Å². The second-order valence-electron chi connectivity index (χ2n) is 19.7. The molecule has 0 saturated carbocycles. The Morgan fingerprint density at radius 1 is 0.519 bits per heavy atom. The number of carboxylic acid groups (broad SMARTS) is 3. The maximum Gasteiger partial charge on any atom is 0.326 e. The van der Waals surface area contributed by atoms with Gasteiger partial charge in [-0.05, 0) is 62.3 Å². The van der Waals surface area contributed by atoms with E-state index in [-0.39, 0.29) is 25.2 Å². The van der Waals surface area contributed by atoms with Crippen molar-refractivity contribution in [2.75, 3.05) is 6.61 Å². The van der Waals surface area contributed by atoms with Gasteiger partial charge in [-0.2, -0.15) is 0 Å². The summed E-state index contributed by atoms with van der Waals surface area (Å²) in [5.41, 5.74) is 13.6. The molecule has 29 nitrogen and oxygen atoms in total. The highest BCUT2D eigenvalue weighted by Gasteiger charge is 2.36. The molecule has 0 radical (unpaired) electrons. The van der Waals surface area contributed by atoms with Gasteiger partial charge in [-0.25, -0.2) is 4.79 Å². The smallest absolute Gasteiger partial charge is 0.326 e. The summed E-state index contributed by atoms with van der Waals surface area (Å²) < 4.78 is 0. The van der Waals surface area contributed by atoms with Crippen molar-refractivity contribution in [1.29, 1.82) is 0 Å². The lowest BCUT2D eigenvalue weighted by Gasteiger charge is -2.27. The number of hydrogen-bond acceptors (Lipinski definition) is 15. The van der Waals surface area contributed by atoms with Crippen LogP contribution in [0.2, 0.25) is 0 Å². The Kier molecular flexibility index (Phi) is 24.2. The number of nitrogens with one attached hydrogen (secondary N) is 10. The van der Waals surface area contributed by atoms with Gasteiger partial charge in [-0.15, -0.1) is 0 Å². The van der Waals surface area contributed by atoms with Gasteiger partial charge >= 0.3 is 17.9 Å². The maximum absolute atomic E-state index is 14.3. The molecule has 0 bridgehead atoms. The van der Waals surface area contributed by atoms with Crippen LogP contribution in [0.1, 0.15) is 77.3 Å². The Hall–Kier alpha value is -8.96. The number of rotatable bonds is 33. The second kappa shape index (κ2) is 30.4. The van der Waals surface area contributed by atoms with E-state index in [1.165, 1.54) is 6.92 Å². The number of carbonyl (C=O) groups is 12. The zero-order valence-electron chi connectivity index (χ0n) is 44.8. The molecule has 0 aliphatic heterocycles. The summed E-state index contributed by atoms with van der Waals surface area (Å²) in [5, 5.41) is 69.2. The number of para-hydroxylation sites is 2. The summed E-state index contributed by atoms with van der Waals surface area (Å²) in [5.74, 6) is -14.1. The topological polar surface area (TPSA) is 486 Å². The average molecular weight is 1140 g/mol. The standard InChI is InChI=1S/C52H70N12O17/c1-24(2)17-31(53)45(73)60-38(20-42(70)71)49(77)61-37(19-28-22-56-33-12-8-6-10-30(28)33)48(76)63-39(23-65)50(78)62-36(18-27-21-55-32-11-7-5-9-29(27)32)47(75)57-25(3)44(72)58-34(13-15-40(54)67)46(74)64-43(26(4)66)51(79)59-35(52(80)81)14-16-41(68)69/h5-12,21-22,24-26,31,34-39,43,55-56,65-66H,13-20,23,53H2,1-4H3,(H2,54,67)(H,57,75)(H,58,72)(H,59,79)(H,60,73)(H,61,77)(H,62,78)(H,63,76)(H,64,74)(H,68,69)(H,70,71)(H,80,81). The van der Waals surface area contributed by atoms with Crippen LogP contribution in [0, 0.1) is 5.92 Å². The van der Waals surface area contributed by atoms with Crippen molar-refractivity contribution in [3.63, 3.8) is 0 Å². The second-order valence-corrected chi connectivity index (χ2v) is 19.7. The van der Waals surface area contributed by atoms with Crippen molar-refractivity contribution in [3.05, 3.63) is 72.1 Å². The van der Waals surface area contributed by atoms with E-state index in [9.17, 15) is 78.0 Å². The molecular weight excluding hydrogens is 1060 g/mol. The van der Waals surface area contributed by atoms with Gasteiger partial charge in [0.15, 0.2) is 0 Å². The number of nitrogens with two attached hydrogens (primary N) is 2. The highest BCUT2D eigenvalue weighted by atomic mass is 16.4. The number of carboxylic acids is 3. The average Bonchev–Trinajstić information content (AvgIpc) is 4.09. The number of aromatic nitrogens is 2. The Morgan fingerprint density at radius 2 is 0.963 bits per heavy atom. The Bertz CT molecular complexity index is 2940. The van der Waals surface area contributed by atoms with Crippen LogP contribution in [0.5, 0.6) is 0 Å². The summed E-state index contributed by atoms with van der Waals surface area (Å²) in [6, 6.07) is -0.965. The van der Waals surface area contributed by atoms with Gasteiger partial charge in [0, 0.05) is 59.9 Å². The largest absolute Gasteiger partial charge is 0.481 e. The first-order chi connectivity index (χ1) is 38.2. The summed E-state index contributed by atoms with van der Waals surface area (Å²) >= 11 is 0. The van der Waals surface area contributed by atoms with E-state index in [4.69, 9.17) is 16.6 Å². The fourth-order valence-electron chi connectivity index (χ4n) is 8.43. The highest BCUT2D eigenvalue weighted by Crippen LogP contribution is 2.21. The minimum atomic E-state index is -1.88. The minimum absolute atomic E-state index is 0.0391. The van der Waals surface area contributed by atoms with E-state index in [0.29, 0.717) is 32.9 Å². The van der Waals surface area contributed by atoms with Gasteiger partial charge in [0.1, 0.15) is 48.3 Å². The van der Waals surface area contributed by atoms with Crippen molar-refractivity contribution in [2.24, 2.45) is 17.4 Å². The van der Waals surface area contributed by atoms with Crippen molar-refractivity contribution >= 4 is 92.9 Å². The number of amides is 9. The van der Waals surface area contributed by atoms with Crippen LogP contribution in [0.25, 0.3) is 21.8 Å². The molecule has 2 heterocycles. The van der Waals surface area contributed by atoms with Crippen LogP contribution in [-0.2, 0) is 70.4 Å². The molecule has 9 amide bonds. The van der Waals surface area contributed by atoms with E-state index in [1.54, 1.807) is 74.8 Å². The summed E-state index contributed by atoms with van der Waals surface area (Å²) in [6.45, 7) is 4.76. The number of hydrogen-bond donors (Lipinski definition) is 17. The maximum atomic E-state index is 14.3. The Labute approximate surface area is 462 Å². The first-order valence-electron chi connectivity index (χ1n) is 25.7. The van der Waals surface area contributed by atoms with E-state index in [2.05, 4.69) is 47.2 Å². The number of aromatic amines is 2. The molecule has 0 aliphatic rings. The lowest BCUT2D eigenvalue weighted by Crippen LogP contribution is -2.61. The highest BCUT2D eigenvalue weighted by molar-refractivity contribution is 5.99. The van der Waals surface area contributed by atoms with Gasteiger partial charge in [-0.1, -0.05) is 50.2 Å². The van der Waals surface area contributed by atoms with Crippen LogP contribution in [-0.4, -0.2) is 174 Å². The number of benzene rings is 2. The summed E-state index contributed by atoms with van der Waals surface area (Å²) in [4.78, 5) is 163. The molecule has 0 aliphatic carbocycles. The van der Waals surface area contributed by atoms with Gasteiger partial charge in [0.25, 0.3) is 0 Å². The van der Waals surface area contributed by atoms with Crippen molar-refractivity contribution in [2.45, 2.75) is 140 Å². The molecule has 440 valence electrons. The fourth-order valence-corrected chi connectivity index (χ4v) is 8.43. The molecule has 0 fully saturated rings. The lowest BCUT2D eigenvalue weighted by atomic mass is 10.0. The van der Waals surface area contributed by atoms with Gasteiger partial charge in [0.2, 0.25) is 53.2 Å². The van der Waals surface area contributed by atoms with Gasteiger partial charge in [-0.3, -0.25) is 52.7 Å². The molecular formula is C52H70N12O17. The third-order valence-corrected chi connectivity index (χ3v) is 12.7. The molecule has 4 rings (SSSR count). The number of primary amides is 1. The van der Waals surface area contributed by atoms with Crippen molar-refractivity contribution in [1.82, 2.24) is 52.5 Å². The van der Waals surface area contributed by atoms with Gasteiger partial charge in [0.05, 0.1) is 25.2 Å². The first-order valence-corrected chi connectivity index (χ1v) is 25.7. The molecule has 0 saturated heterocycles. The molecule has 2 aromatic heterocycles. The number of H-pyrrole nitrogens is 2. The molecule has 10 atom stereocenters. The van der Waals surface area contributed by atoms with Crippen LogP contribution < -0.4 is 54.0 Å². The monoisotopic (exact) mass is 1130 g/mol. The number of aliphatic hydroxyl groups excluding tert-OH is 2. The Morgan fingerprint density at radius 3 is 1.44 bits per heavy atom. The fraction of sp³-hybridized carbons (Fsp3) is 0.462. The molecule has 19 N–H and O–H groups in total. The third kappa shape index (κ3) is 19.7. The Balaban J connectivity index is 1.59. The normalized spacial score (nSPS) is 15.0. The molecule has 2 aromatic carbocycles. The summed E-state index contributed by atoms with van der Waals surface area (Å²) in [6.07, 6.45) is -2.11. The van der Waals surface area contributed by atoms with E-state index < -0.39 is 170 Å². The van der Waals surface area contributed by atoms with Crippen LogP contribution in [0.4, 0.5) is 0 Å². The van der Waals surface area contributed by atoms with Gasteiger partial charge < -0.3 is 89.5 Å². The molecule has 81 heavy (non-hydrogen) atoms. The predicted molar refractivity (Wildman–Crippen MR) is 287 cm³/mol. The van der Waals surface area contributed by atoms with E-state index in [1.807, 2.05) is 5.32 Å². The van der Waals surface area contributed by atoms with E-state index in [0.717, 1.165) is 6.92 Å². The number of carbonyl (C=O) groups excluding carboxylic acids is 9. The van der Waals surface area contributed by atoms with Crippen molar-refractivity contribution < 1.29 is 83.1 Å². The lowest BCUT2D eigenvalue weighted by molar-refractivity contribution is -0.144. The van der Waals surface area contributed by atoms with Crippen LogP contribution in [0.15, 0.2) is 60.9 Å². The first kappa shape index (κ1) is 64.6. The number of aliphatic hydroxyl groups is 2. The zero-order chi connectivity index (χ0) is 60.2. The quantitative estimate of drug-likeness (QED) is 0.0223. The SMILES string of the molecule is CC(C)CC(N)C(=O)NC(CC(=O)O)C(=O)NC(Cc1c[nH]c2ccccc12)C(=O)NC(CO)C(=O)NC(Cc1c[nH]c2ccccc12)C(=O)NC(C)C(=O)NC(CCC(N)=O)C(=O)NC(C(=O)NC(CCC(=O)O)C(=O)O)C(C)O. The third-order valence-electron chi connectivity index (χ3n) is 12.7. The number of aliphatic carboxylic acids is 3. The molecule has 29 heteroatoms.